The highest BCUT2D eigenvalue weighted by Crippen LogP contribution is 2.17. The minimum absolute atomic E-state index is 0. The summed E-state index contributed by atoms with van der Waals surface area (Å²) in [6, 6.07) is 20.8. The maximum Gasteiger partial charge on any atom is 0.333 e. The van der Waals surface area contributed by atoms with Crippen LogP contribution in [0.1, 0.15) is 6.92 Å². The van der Waals surface area contributed by atoms with E-state index in [1.807, 2.05) is 12.1 Å². The molecule has 0 fully saturated rings. The third-order valence-electron chi connectivity index (χ3n) is 2.54. The summed E-state index contributed by atoms with van der Waals surface area (Å²) in [7, 11) is 0. The first kappa shape index (κ1) is 19.9. The second kappa shape index (κ2) is 11.5. The Morgan fingerprint density at radius 3 is 1.73 bits per heavy atom. The minimum atomic E-state index is -0.379. The Balaban J connectivity index is 0.000000402. The van der Waals surface area contributed by atoms with E-state index in [1.165, 1.54) is 11.1 Å². The van der Waals surface area contributed by atoms with Gasteiger partial charge in [0.05, 0.1) is 5.88 Å². The smallest absolute Gasteiger partial charge is 0.333 e. The van der Waals surface area contributed by atoms with E-state index in [0.29, 0.717) is 11.5 Å². The van der Waals surface area contributed by atoms with Gasteiger partial charge in [-0.05, 0) is 18.1 Å². The molecule has 0 aromatic heterocycles. The number of rotatable bonds is 4. The molecule has 118 valence electrons. The highest BCUT2D eigenvalue weighted by molar-refractivity contribution is 6.18. The Bertz CT molecular complexity index is 518. The zero-order chi connectivity index (χ0) is 15.5. The first-order valence-corrected chi connectivity index (χ1v) is 7.17. The minimum Gasteiger partial charge on any atom is -0.461 e. The van der Waals surface area contributed by atoms with E-state index in [0.717, 1.165) is 0 Å². The zero-order valence-corrected chi connectivity index (χ0v) is 13.6. The first-order valence-electron chi connectivity index (χ1n) is 6.64. The second-order valence-electron chi connectivity index (χ2n) is 4.34. The summed E-state index contributed by atoms with van der Waals surface area (Å²) in [6.07, 6.45) is 0. The summed E-state index contributed by atoms with van der Waals surface area (Å²) in [5, 5.41) is 0. The lowest BCUT2D eigenvalue weighted by Gasteiger charge is -1.98. The van der Waals surface area contributed by atoms with Gasteiger partial charge in [0.1, 0.15) is 6.61 Å². The summed E-state index contributed by atoms with van der Waals surface area (Å²) in [5.41, 5.74) is 2.95. The van der Waals surface area contributed by atoms with Gasteiger partial charge in [0, 0.05) is 5.57 Å². The Morgan fingerprint density at radius 1 is 1.00 bits per heavy atom. The number of benzene rings is 2. The molecule has 2 rings (SSSR count). The Morgan fingerprint density at radius 2 is 1.41 bits per heavy atom. The zero-order valence-electron chi connectivity index (χ0n) is 12.8. The van der Waals surface area contributed by atoms with Crippen molar-refractivity contribution in [3.8, 4) is 11.1 Å². The molecule has 2 aromatic carbocycles. The van der Waals surface area contributed by atoms with Gasteiger partial charge in [-0.15, -0.1) is 11.6 Å². The SMILES string of the molecule is C=C(C)C(=O)OCCCl.N.c1ccc(-c2ccccc2)cc1. The van der Waals surface area contributed by atoms with Gasteiger partial charge >= 0.3 is 5.97 Å². The van der Waals surface area contributed by atoms with Gasteiger partial charge in [-0.3, -0.25) is 0 Å². The fourth-order valence-corrected chi connectivity index (χ4v) is 1.59. The van der Waals surface area contributed by atoms with E-state index in [2.05, 4.69) is 59.8 Å². The predicted octanol–water partition coefficient (Wildman–Crippen LogP) is 4.86. The number of carbonyl (C=O) groups excluding carboxylic acids is 1. The number of ether oxygens (including phenoxy) is 1. The molecular weight excluding hydrogens is 298 g/mol. The maximum absolute atomic E-state index is 10.5. The molecule has 0 aliphatic carbocycles. The molecule has 0 amide bonds. The number of carbonyl (C=O) groups is 1. The summed E-state index contributed by atoms with van der Waals surface area (Å²) in [5.74, 6) is -0.0467. The average molecular weight is 320 g/mol. The Labute approximate surface area is 137 Å². The number of halogens is 1. The van der Waals surface area contributed by atoms with E-state index in [1.54, 1.807) is 6.92 Å². The van der Waals surface area contributed by atoms with Gasteiger partial charge in [0.2, 0.25) is 0 Å². The molecule has 4 heteroatoms. The lowest BCUT2D eigenvalue weighted by Crippen LogP contribution is -2.06. The fraction of sp³-hybridized carbons (Fsp3) is 0.167. The summed E-state index contributed by atoms with van der Waals surface area (Å²) in [4.78, 5) is 10.5. The van der Waals surface area contributed by atoms with Crippen LogP contribution in [-0.2, 0) is 9.53 Å². The fourth-order valence-electron chi connectivity index (χ4n) is 1.52. The molecule has 0 atom stereocenters. The lowest BCUT2D eigenvalue weighted by molar-refractivity contribution is -0.138. The average Bonchev–Trinajstić information content (AvgIpc) is 2.54. The van der Waals surface area contributed by atoms with Crippen LogP contribution in [0.5, 0.6) is 0 Å². The first-order chi connectivity index (χ1) is 10.1. The molecule has 0 unspecified atom stereocenters. The van der Waals surface area contributed by atoms with Crippen LogP contribution < -0.4 is 6.15 Å². The molecule has 2 aromatic rings. The van der Waals surface area contributed by atoms with Gasteiger partial charge in [0.25, 0.3) is 0 Å². The number of hydrogen-bond acceptors (Lipinski definition) is 3. The third-order valence-corrected chi connectivity index (χ3v) is 2.69. The van der Waals surface area contributed by atoms with Gasteiger partial charge in [-0.2, -0.15) is 0 Å². The van der Waals surface area contributed by atoms with Crippen LogP contribution in [0.25, 0.3) is 11.1 Å². The summed E-state index contributed by atoms with van der Waals surface area (Å²) in [6.45, 7) is 5.24. The molecular formula is C18H22ClNO2. The van der Waals surface area contributed by atoms with E-state index in [9.17, 15) is 4.79 Å². The van der Waals surface area contributed by atoms with Gasteiger partial charge < -0.3 is 10.9 Å². The molecule has 3 N–H and O–H groups in total. The van der Waals surface area contributed by atoms with Crippen molar-refractivity contribution in [3.63, 3.8) is 0 Å². The standard InChI is InChI=1S/C12H10.C6H9ClO2.H3N/c1-3-7-11(8-4-1)12-9-5-2-6-10-12;1-5(2)6(8)9-4-3-7;/h1-10H;1,3-4H2,2H3;1H3. The summed E-state index contributed by atoms with van der Waals surface area (Å²) < 4.78 is 4.58. The van der Waals surface area contributed by atoms with E-state index in [-0.39, 0.29) is 18.7 Å². The highest BCUT2D eigenvalue weighted by Gasteiger charge is 1.99. The molecule has 0 heterocycles. The van der Waals surface area contributed by atoms with E-state index < -0.39 is 0 Å². The van der Waals surface area contributed by atoms with Gasteiger partial charge in [-0.1, -0.05) is 67.2 Å². The molecule has 22 heavy (non-hydrogen) atoms. The molecule has 0 bridgehead atoms. The molecule has 3 nitrogen and oxygen atoms in total. The van der Waals surface area contributed by atoms with Crippen molar-refractivity contribution in [2.24, 2.45) is 0 Å². The number of esters is 1. The van der Waals surface area contributed by atoms with E-state index >= 15 is 0 Å². The third kappa shape index (κ3) is 7.62. The Kier molecular flexibility index (Phi) is 10.4. The van der Waals surface area contributed by atoms with Crippen LogP contribution in [-0.4, -0.2) is 18.5 Å². The summed E-state index contributed by atoms with van der Waals surface area (Å²) >= 11 is 5.24. The van der Waals surface area contributed by atoms with Crippen LogP contribution >= 0.6 is 11.6 Å². The van der Waals surface area contributed by atoms with Gasteiger partial charge in [-0.25, -0.2) is 4.79 Å². The number of hydrogen-bond donors (Lipinski definition) is 1. The quantitative estimate of drug-likeness (QED) is 0.497. The Hall–Kier alpha value is -2.10. The largest absolute Gasteiger partial charge is 0.461 e. The maximum atomic E-state index is 10.5. The monoisotopic (exact) mass is 319 g/mol. The molecule has 0 saturated heterocycles. The molecule has 0 saturated carbocycles. The topological polar surface area (TPSA) is 61.3 Å². The molecule has 0 aliphatic heterocycles. The second-order valence-corrected chi connectivity index (χ2v) is 4.72. The van der Waals surface area contributed by atoms with Crippen molar-refractivity contribution in [2.45, 2.75) is 6.92 Å². The molecule has 0 spiro atoms. The molecule has 0 radical (unpaired) electrons. The normalized spacial score (nSPS) is 8.82. The van der Waals surface area contributed by atoms with Crippen molar-refractivity contribution < 1.29 is 9.53 Å². The van der Waals surface area contributed by atoms with E-state index in [4.69, 9.17) is 11.6 Å². The lowest BCUT2D eigenvalue weighted by atomic mass is 10.1. The number of alkyl halides is 1. The van der Waals surface area contributed by atoms with Crippen molar-refractivity contribution >= 4 is 17.6 Å². The van der Waals surface area contributed by atoms with Crippen LogP contribution in [0.3, 0.4) is 0 Å². The van der Waals surface area contributed by atoms with Crippen molar-refractivity contribution in [1.82, 2.24) is 6.15 Å². The van der Waals surface area contributed by atoms with Crippen molar-refractivity contribution in [2.75, 3.05) is 12.5 Å². The van der Waals surface area contributed by atoms with Crippen molar-refractivity contribution in [1.29, 1.82) is 0 Å². The van der Waals surface area contributed by atoms with Gasteiger partial charge in [0.15, 0.2) is 0 Å². The van der Waals surface area contributed by atoms with Crippen molar-refractivity contribution in [3.05, 3.63) is 72.8 Å². The predicted molar refractivity (Wildman–Crippen MR) is 93.4 cm³/mol. The molecule has 0 aliphatic rings. The van der Waals surface area contributed by atoms with Crippen LogP contribution in [0.15, 0.2) is 72.8 Å². The van der Waals surface area contributed by atoms with Crippen LogP contribution in [0.2, 0.25) is 0 Å². The highest BCUT2D eigenvalue weighted by atomic mass is 35.5. The van der Waals surface area contributed by atoms with Crippen LogP contribution in [0.4, 0.5) is 0 Å². The van der Waals surface area contributed by atoms with Crippen LogP contribution in [0, 0.1) is 0 Å².